The Hall–Kier alpha value is -0.780. The van der Waals surface area contributed by atoms with Gasteiger partial charge in [-0.15, -0.1) is 0 Å². The lowest BCUT2D eigenvalue weighted by Gasteiger charge is -2.23. The first-order chi connectivity index (χ1) is 7.46. The first-order valence-corrected chi connectivity index (χ1v) is 5.55. The Kier molecular flexibility index (Phi) is 3.10. The van der Waals surface area contributed by atoms with Crippen molar-refractivity contribution in [3.8, 4) is 0 Å². The van der Waals surface area contributed by atoms with Crippen LogP contribution in [0.4, 0.5) is 13.2 Å². The number of hydrogen-bond acceptors (Lipinski definition) is 2. The third-order valence-corrected chi connectivity index (χ3v) is 2.78. The third-order valence-electron chi connectivity index (χ3n) is 2.78. The van der Waals surface area contributed by atoms with Crippen LogP contribution in [-0.4, -0.2) is 42.2 Å². The predicted octanol–water partition coefficient (Wildman–Crippen LogP) is 1.29. The number of carbonyl (C=O) groups is 1. The summed E-state index contributed by atoms with van der Waals surface area (Å²) in [5.74, 6) is -0.424. The van der Waals surface area contributed by atoms with Crippen LogP contribution in [0.2, 0.25) is 0 Å². The standard InChI is InChI=1S/C10H15F3N2O/c11-10(12,13)6-15(8-3-4-8)9(16)5-14-7-1-2-7/h7-8,14H,1-6H2. The molecule has 92 valence electrons. The van der Waals surface area contributed by atoms with Crippen LogP contribution in [0.1, 0.15) is 25.7 Å². The Bertz CT molecular complexity index is 272. The van der Waals surface area contributed by atoms with Crippen LogP contribution in [0.15, 0.2) is 0 Å². The molecule has 1 amide bonds. The molecule has 2 aliphatic rings. The van der Waals surface area contributed by atoms with Crippen molar-refractivity contribution in [3.63, 3.8) is 0 Å². The minimum Gasteiger partial charge on any atom is -0.330 e. The van der Waals surface area contributed by atoms with E-state index < -0.39 is 18.6 Å². The van der Waals surface area contributed by atoms with E-state index in [0.29, 0.717) is 18.9 Å². The number of nitrogens with one attached hydrogen (secondary N) is 1. The zero-order valence-electron chi connectivity index (χ0n) is 8.89. The molecule has 2 fully saturated rings. The first-order valence-electron chi connectivity index (χ1n) is 5.55. The molecule has 0 heterocycles. The van der Waals surface area contributed by atoms with Gasteiger partial charge in [0.25, 0.3) is 0 Å². The number of carbonyl (C=O) groups excluding carboxylic acids is 1. The number of rotatable bonds is 5. The van der Waals surface area contributed by atoms with Crippen LogP contribution in [0.25, 0.3) is 0 Å². The molecule has 2 aliphatic carbocycles. The zero-order valence-corrected chi connectivity index (χ0v) is 8.89. The summed E-state index contributed by atoms with van der Waals surface area (Å²) < 4.78 is 36.8. The highest BCUT2D eigenvalue weighted by Crippen LogP contribution is 2.30. The van der Waals surface area contributed by atoms with Crippen molar-refractivity contribution >= 4 is 5.91 Å². The fourth-order valence-corrected chi connectivity index (χ4v) is 1.62. The van der Waals surface area contributed by atoms with E-state index >= 15 is 0 Å². The molecular weight excluding hydrogens is 221 g/mol. The fraction of sp³-hybridized carbons (Fsp3) is 0.900. The van der Waals surface area contributed by atoms with Gasteiger partial charge in [-0.05, 0) is 25.7 Å². The summed E-state index contributed by atoms with van der Waals surface area (Å²) in [6.45, 7) is -1.07. The molecular formula is C10H15F3N2O. The molecule has 0 aromatic heterocycles. The van der Waals surface area contributed by atoms with E-state index in [1.165, 1.54) is 0 Å². The molecule has 16 heavy (non-hydrogen) atoms. The molecule has 0 aliphatic heterocycles. The number of nitrogens with zero attached hydrogens (tertiary/aromatic N) is 1. The zero-order chi connectivity index (χ0) is 11.8. The second-order valence-corrected chi connectivity index (χ2v) is 4.52. The van der Waals surface area contributed by atoms with Crippen LogP contribution < -0.4 is 5.32 Å². The SMILES string of the molecule is O=C(CNC1CC1)N(CC(F)(F)F)C1CC1. The topological polar surface area (TPSA) is 32.3 Å². The summed E-state index contributed by atoms with van der Waals surface area (Å²) in [6, 6.07) is 0.158. The monoisotopic (exact) mass is 236 g/mol. The van der Waals surface area contributed by atoms with E-state index in [1.54, 1.807) is 0 Å². The Morgan fingerprint density at radius 2 is 1.88 bits per heavy atom. The van der Waals surface area contributed by atoms with Gasteiger partial charge in [-0.2, -0.15) is 13.2 Å². The molecule has 2 rings (SSSR count). The molecule has 0 atom stereocenters. The molecule has 0 aromatic rings. The van der Waals surface area contributed by atoms with Gasteiger partial charge in [0.2, 0.25) is 5.91 Å². The summed E-state index contributed by atoms with van der Waals surface area (Å²) in [5, 5.41) is 2.95. The Morgan fingerprint density at radius 3 is 2.31 bits per heavy atom. The largest absolute Gasteiger partial charge is 0.406 e. The van der Waals surface area contributed by atoms with Gasteiger partial charge in [0.05, 0.1) is 6.54 Å². The lowest BCUT2D eigenvalue weighted by molar-refractivity contribution is -0.161. The van der Waals surface area contributed by atoms with Crippen LogP contribution in [0.5, 0.6) is 0 Å². The molecule has 0 spiro atoms. The van der Waals surface area contributed by atoms with Crippen molar-refractivity contribution in [3.05, 3.63) is 0 Å². The smallest absolute Gasteiger partial charge is 0.330 e. The predicted molar refractivity (Wildman–Crippen MR) is 51.8 cm³/mol. The van der Waals surface area contributed by atoms with E-state index in [4.69, 9.17) is 0 Å². The van der Waals surface area contributed by atoms with Crippen molar-refractivity contribution in [2.75, 3.05) is 13.1 Å². The summed E-state index contributed by atoms with van der Waals surface area (Å²) >= 11 is 0. The molecule has 0 unspecified atom stereocenters. The molecule has 2 saturated carbocycles. The third kappa shape index (κ3) is 3.66. The highest BCUT2D eigenvalue weighted by Gasteiger charge is 2.40. The molecule has 0 bridgehead atoms. The van der Waals surface area contributed by atoms with E-state index in [0.717, 1.165) is 17.7 Å². The highest BCUT2D eigenvalue weighted by molar-refractivity contribution is 5.79. The maximum absolute atomic E-state index is 12.3. The maximum Gasteiger partial charge on any atom is 0.406 e. The molecule has 0 radical (unpaired) electrons. The van der Waals surface area contributed by atoms with Crippen molar-refractivity contribution in [1.82, 2.24) is 10.2 Å². The number of alkyl halides is 3. The fourth-order valence-electron chi connectivity index (χ4n) is 1.62. The van der Waals surface area contributed by atoms with Crippen molar-refractivity contribution < 1.29 is 18.0 Å². The quantitative estimate of drug-likeness (QED) is 0.780. The average molecular weight is 236 g/mol. The Balaban J connectivity index is 1.82. The first kappa shape index (κ1) is 11.7. The lowest BCUT2D eigenvalue weighted by Crippen LogP contribution is -2.44. The molecule has 3 nitrogen and oxygen atoms in total. The van der Waals surface area contributed by atoms with Crippen LogP contribution in [0, 0.1) is 0 Å². The van der Waals surface area contributed by atoms with Crippen molar-refractivity contribution in [1.29, 1.82) is 0 Å². The van der Waals surface area contributed by atoms with Crippen LogP contribution in [-0.2, 0) is 4.79 Å². The summed E-state index contributed by atoms with van der Waals surface area (Å²) in [5.41, 5.74) is 0. The van der Waals surface area contributed by atoms with Gasteiger partial charge in [-0.25, -0.2) is 0 Å². The molecule has 0 aromatic carbocycles. The number of amides is 1. The van der Waals surface area contributed by atoms with E-state index in [-0.39, 0.29) is 12.6 Å². The van der Waals surface area contributed by atoms with E-state index in [1.807, 2.05) is 0 Å². The Labute approximate surface area is 92.0 Å². The lowest BCUT2D eigenvalue weighted by atomic mass is 10.4. The van der Waals surface area contributed by atoms with Gasteiger partial charge in [0.1, 0.15) is 6.54 Å². The van der Waals surface area contributed by atoms with Gasteiger partial charge >= 0.3 is 6.18 Å². The van der Waals surface area contributed by atoms with E-state index in [2.05, 4.69) is 5.32 Å². The van der Waals surface area contributed by atoms with Crippen molar-refractivity contribution in [2.24, 2.45) is 0 Å². The Morgan fingerprint density at radius 1 is 1.25 bits per heavy atom. The second kappa shape index (κ2) is 4.24. The van der Waals surface area contributed by atoms with Crippen LogP contribution in [0.3, 0.4) is 0 Å². The van der Waals surface area contributed by atoms with Gasteiger partial charge in [-0.1, -0.05) is 0 Å². The molecule has 6 heteroatoms. The van der Waals surface area contributed by atoms with Gasteiger partial charge in [-0.3, -0.25) is 4.79 Å². The number of hydrogen-bond donors (Lipinski definition) is 1. The molecule has 1 N–H and O–H groups in total. The average Bonchev–Trinajstić information content (AvgIpc) is 3.00. The summed E-state index contributed by atoms with van der Waals surface area (Å²) in [4.78, 5) is 12.6. The second-order valence-electron chi connectivity index (χ2n) is 4.52. The van der Waals surface area contributed by atoms with Gasteiger partial charge in [0, 0.05) is 12.1 Å². The van der Waals surface area contributed by atoms with Crippen molar-refractivity contribution in [2.45, 2.75) is 43.9 Å². The minimum atomic E-state index is -4.29. The number of halogens is 3. The minimum absolute atomic E-state index is 0.0389. The van der Waals surface area contributed by atoms with E-state index in [9.17, 15) is 18.0 Å². The van der Waals surface area contributed by atoms with Crippen LogP contribution >= 0.6 is 0 Å². The van der Waals surface area contributed by atoms with Gasteiger partial charge in [0.15, 0.2) is 0 Å². The normalized spacial score (nSPS) is 20.9. The summed E-state index contributed by atoms with van der Waals surface area (Å²) in [7, 11) is 0. The summed E-state index contributed by atoms with van der Waals surface area (Å²) in [6.07, 6.45) is -0.847. The highest BCUT2D eigenvalue weighted by atomic mass is 19.4. The van der Waals surface area contributed by atoms with Gasteiger partial charge < -0.3 is 10.2 Å². The molecule has 0 saturated heterocycles. The maximum atomic E-state index is 12.3.